The first-order chi connectivity index (χ1) is 11.8. The molecule has 9 nitrogen and oxygen atoms in total. The maximum Gasteiger partial charge on any atom is 0.335 e. The van der Waals surface area contributed by atoms with E-state index in [9.17, 15) is 4.79 Å². The van der Waals surface area contributed by atoms with Crippen LogP contribution in [0.4, 0.5) is 17.5 Å². The Morgan fingerprint density at radius 2 is 1.84 bits per heavy atom. The second kappa shape index (κ2) is 6.36. The van der Waals surface area contributed by atoms with E-state index in [-0.39, 0.29) is 28.1 Å². The van der Waals surface area contributed by atoms with Crippen LogP contribution in [-0.2, 0) is 6.54 Å². The minimum Gasteiger partial charge on any atom is -0.478 e. The van der Waals surface area contributed by atoms with Gasteiger partial charge in [-0.3, -0.25) is 0 Å². The predicted octanol–water partition coefficient (Wildman–Crippen LogP) is 1.57. The van der Waals surface area contributed by atoms with Crippen molar-refractivity contribution in [3.05, 3.63) is 40.7 Å². The van der Waals surface area contributed by atoms with Gasteiger partial charge in [-0.05, 0) is 24.3 Å². The van der Waals surface area contributed by atoms with E-state index in [0.29, 0.717) is 17.8 Å². The van der Waals surface area contributed by atoms with E-state index in [0.717, 1.165) is 5.69 Å². The molecule has 0 bridgehead atoms. The summed E-state index contributed by atoms with van der Waals surface area (Å²) in [5.74, 6) is -0.854. The van der Waals surface area contributed by atoms with Gasteiger partial charge in [0.1, 0.15) is 0 Å². The molecule has 0 aliphatic rings. The summed E-state index contributed by atoms with van der Waals surface area (Å²) in [7, 11) is 1.82. The molecule has 0 fully saturated rings. The van der Waals surface area contributed by atoms with Gasteiger partial charge in [-0.25, -0.2) is 14.8 Å². The first-order valence-electron chi connectivity index (χ1n) is 7.14. The molecule has 2 aromatic heterocycles. The van der Waals surface area contributed by atoms with Gasteiger partial charge in [0, 0.05) is 12.7 Å². The molecule has 3 rings (SSSR count). The lowest BCUT2D eigenvalue weighted by Crippen LogP contribution is -2.18. The zero-order valence-corrected chi connectivity index (χ0v) is 13.9. The summed E-state index contributed by atoms with van der Waals surface area (Å²) in [6.07, 6.45) is 0. The van der Waals surface area contributed by atoms with E-state index in [4.69, 9.17) is 28.2 Å². The Kier molecular flexibility index (Phi) is 4.24. The summed E-state index contributed by atoms with van der Waals surface area (Å²) < 4.78 is 0. The highest BCUT2D eigenvalue weighted by Gasteiger charge is 2.14. The number of nitrogens with zero attached hydrogens (tertiary/aromatic N) is 5. The average molecular weight is 360 g/mol. The Labute approximate surface area is 147 Å². The molecule has 0 aliphatic carbocycles. The van der Waals surface area contributed by atoms with Crippen LogP contribution in [-0.4, -0.2) is 38.1 Å². The van der Waals surface area contributed by atoms with Crippen LogP contribution in [0.3, 0.4) is 0 Å². The van der Waals surface area contributed by atoms with Gasteiger partial charge in [-0.1, -0.05) is 11.6 Å². The highest BCUT2D eigenvalue weighted by molar-refractivity contribution is 6.30. The molecule has 128 valence electrons. The van der Waals surface area contributed by atoms with E-state index >= 15 is 0 Å². The monoisotopic (exact) mass is 359 g/mol. The SMILES string of the molecule is CN(Cc1nc2c(N)nc(N)nc2nc1Cl)c1ccc(C(=O)O)cc1. The Bertz CT molecular complexity index is 962. The third-order valence-electron chi connectivity index (χ3n) is 3.54. The number of anilines is 3. The van der Waals surface area contributed by atoms with Crippen molar-refractivity contribution < 1.29 is 9.90 Å². The molecular formula is C15H14ClN7O2. The van der Waals surface area contributed by atoms with Crippen LogP contribution < -0.4 is 16.4 Å². The van der Waals surface area contributed by atoms with Crippen molar-refractivity contribution in [1.82, 2.24) is 19.9 Å². The first-order valence-corrected chi connectivity index (χ1v) is 7.52. The Hall–Kier alpha value is -3.20. The topological polar surface area (TPSA) is 144 Å². The number of aromatic carboxylic acids is 1. The standard InChI is InChI=1S/C15H14ClN7O2/c1-23(8-4-2-7(3-5-8)14(24)25)6-9-11(16)20-13-10(19-9)12(17)21-15(18)22-13/h2-5H,6H2,1H3,(H,24,25)(H4,17,18,20,21,22). The number of halogens is 1. The molecule has 1 aromatic carbocycles. The molecule has 0 radical (unpaired) electrons. The van der Waals surface area contributed by atoms with Crippen LogP contribution in [0.5, 0.6) is 0 Å². The van der Waals surface area contributed by atoms with E-state index in [1.807, 2.05) is 11.9 Å². The van der Waals surface area contributed by atoms with Crippen LogP contribution in [0, 0.1) is 0 Å². The summed E-state index contributed by atoms with van der Waals surface area (Å²) in [5, 5.41) is 9.13. The molecule has 5 N–H and O–H groups in total. The molecule has 10 heteroatoms. The number of carbonyl (C=O) groups is 1. The zero-order valence-electron chi connectivity index (χ0n) is 13.1. The van der Waals surface area contributed by atoms with Gasteiger partial charge in [0.25, 0.3) is 0 Å². The summed E-state index contributed by atoms with van der Waals surface area (Å²) >= 11 is 6.19. The van der Waals surface area contributed by atoms with Crippen molar-refractivity contribution in [3.63, 3.8) is 0 Å². The molecule has 25 heavy (non-hydrogen) atoms. The number of hydrogen-bond acceptors (Lipinski definition) is 8. The number of rotatable bonds is 4. The van der Waals surface area contributed by atoms with Crippen molar-refractivity contribution in [3.8, 4) is 0 Å². The third-order valence-corrected chi connectivity index (χ3v) is 3.84. The summed E-state index contributed by atoms with van der Waals surface area (Å²) in [6, 6.07) is 6.45. The molecule has 0 spiro atoms. The van der Waals surface area contributed by atoms with Crippen LogP contribution in [0.2, 0.25) is 5.15 Å². The fourth-order valence-electron chi connectivity index (χ4n) is 2.28. The van der Waals surface area contributed by atoms with Crippen molar-refractivity contribution in [1.29, 1.82) is 0 Å². The van der Waals surface area contributed by atoms with Crippen molar-refractivity contribution in [2.75, 3.05) is 23.4 Å². The Morgan fingerprint density at radius 1 is 1.16 bits per heavy atom. The number of nitrogen functional groups attached to an aromatic ring is 2. The van der Waals surface area contributed by atoms with Gasteiger partial charge in [-0.15, -0.1) is 0 Å². The highest BCUT2D eigenvalue weighted by Crippen LogP contribution is 2.23. The van der Waals surface area contributed by atoms with Gasteiger partial charge in [-0.2, -0.15) is 9.97 Å². The van der Waals surface area contributed by atoms with Crippen molar-refractivity contribution >= 4 is 46.2 Å². The normalized spacial score (nSPS) is 10.8. The predicted molar refractivity (Wildman–Crippen MR) is 94.5 cm³/mol. The molecule has 2 heterocycles. The smallest absolute Gasteiger partial charge is 0.335 e. The van der Waals surface area contributed by atoms with Gasteiger partial charge in [0.05, 0.1) is 17.8 Å². The summed E-state index contributed by atoms with van der Waals surface area (Å²) in [6.45, 7) is 0.331. The van der Waals surface area contributed by atoms with Gasteiger partial charge >= 0.3 is 5.97 Å². The number of carboxylic acids is 1. The number of hydrogen-bond donors (Lipinski definition) is 3. The molecular weight excluding hydrogens is 346 g/mol. The zero-order chi connectivity index (χ0) is 18.1. The van der Waals surface area contributed by atoms with E-state index in [1.165, 1.54) is 12.1 Å². The average Bonchev–Trinajstić information content (AvgIpc) is 2.56. The lowest BCUT2D eigenvalue weighted by Gasteiger charge is -2.19. The lowest BCUT2D eigenvalue weighted by atomic mass is 10.2. The second-order valence-corrected chi connectivity index (χ2v) is 5.67. The maximum absolute atomic E-state index is 10.9. The molecule has 3 aromatic rings. The van der Waals surface area contributed by atoms with Gasteiger partial charge in [0.15, 0.2) is 22.1 Å². The van der Waals surface area contributed by atoms with E-state index in [1.54, 1.807) is 12.1 Å². The molecule has 0 amide bonds. The maximum atomic E-state index is 10.9. The van der Waals surface area contributed by atoms with Crippen molar-refractivity contribution in [2.45, 2.75) is 6.54 Å². The quantitative estimate of drug-likeness (QED) is 0.631. The van der Waals surface area contributed by atoms with Crippen LogP contribution >= 0.6 is 11.6 Å². The van der Waals surface area contributed by atoms with E-state index in [2.05, 4.69) is 19.9 Å². The van der Waals surface area contributed by atoms with Crippen LogP contribution in [0.1, 0.15) is 16.1 Å². The number of carboxylic acid groups (broad SMARTS) is 1. The molecule has 0 saturated heterocycles. The minimum absolute atomic E-state index is 0.00115. The molecule has 0 atom stereocenters. The fraction of sp³-hybridized carbons (Fsp3) is 0.133. The summed E-state index contributed by atoms with van der Waals surface area (Å²) in [4.78, 5) is 29.2. The number of aromatic nitrogens is 4. The number of fused-ring (bicyclic) bond motifs is 1. The van der Waals surface area contributed by atoms with E-state index < -0.39 is 5.97 Å². The Balaban J connectivity index is 1.91. The number of benzene rings is 1. The highest BCUT2D eigenvalue weighted by atomic mass is 35.5. The van der Waals surface area contributed by atoms with Gasteiger partial charge in [0.2, 0.25) is 5.95 Å². The lowest BCUT2D eigenvalue weighted by molar-refractivity contribution is 0.0697. The minimum atomic E-state index is -0.979. The van der Waals surface area contributed by atoms with Crippen LogP contribution in [0.15, 0.2) is 24.3 Å². The number of nitrogens with two attached hydrogens (primary N) is 2. The van der Waals surface area contributed by atoms with Gasteiger partial charge < -0.3 is 21.5 Å². The van der Waals surface area contributed by atoms with Crippen LogP contribution in [0.25, 0.3) is 11.2 Å². The summed E-state index contributed by atoms with van der Waals surface area (Å²) in [5.41, 5.74) is 13.4. The van der Waals surface area contributed by atoms with Crippen molar-refractivity contribution in [2.24, 2.45) is 0 Å². The first kappa shape index (κ1) is 16.7. The fourth-order valence-corrected chi connectivity index (χ4v) is 2.46. The molecule has 0 unspecified atom stereocenters. The largest absolute Gasteiger partial charge is 0.478 e. The third kappa shape index (κ3) is 3.36. The molecule has 0 aliphatic heterocycles. The molecule has 0 saturated carbocycles. The Morgan fingerprint density at radius 3 is 2.48 bits per heavy atom. The second-order valence-electron chi connectivity index (χ2n) is 5.31.